The number of hydrogen-bond acceptors (Lipinski definition) is 4. The predicted octanol–water partition coefficient (Wildman–Crippen LogP) is 14.7. The van der Waals surface area contributed by atoms with E-state index in [9.17, 15) is 0 Å². The Morgan fingerprint density at radius 1 is 0.482 bits per heavy atom. The van der Waals surface area contributed by atoms with Crippen LogP contribution in [0.3, 0.4) is 0 Å². The Morgan fingerprint density at radius 3 is 2.09 bits per heavy atom. The molecule has 0 aliphatic heterocycles. The van der Waals surface area contributed by atoms with E-state index in [0.29, 0.717) is 5.89 Å². The number of benzene rings is 9. The van der Waals surface area contributed by atoms with Crippen LogP contribution >= 0.6 is 11.3 Å². The van der Waals surface area contributed by atoms with E-state index in [1.54, 1.807) is 0 Å². The fraction of sp³-hybridized carbons (Fsp3) is 0. The lowest BCUT2D eigenvalue weighted by Crippen LogP contribution is -2.10. The number of para-hydroxylation sites is 2. The van der Waals surface area contributed by atoms with Crippen LogP contribution in [0.2, 0.25) is 0 Å². The van der Waals surface area contributed by atoms with Gasteiger partial charge in [-0.25, -0.2) is 4.98 Å². The van der Waals surface area contributed by atoms with Gasteiger partial charge in [-0.1, -0.05) is 109 Å². The summed E-state index contributed by atoms with van der Waals surface area (Å²) in [6.45, 7) is 0. The molecule has 0 aliphatic carbocycles. The molecule has 262 valence electrons. The molecule has 0 radical (unpaired) electrons. The molecule has 3 heterocycles. The molecule has 0 saturated heterocycles. The minimum Gasteiger partial charge on any atom is -0.434 e. The molecule has 3 aromatic heterocycles. The van der Waals surface area contributed by atoms with Gasteiger partial charge in [-0.15, -0.1) is 11.3 Å². The van der Waals surface area contributed by atoms with E-state index >= 15 is 0 Å². The lowest BCUT2D eigenvalue weighted by atomic mass is 10.0. The first-order valence-electron chi connectivity index (χ1n) is 18.9. The summed E-state index contributed by atoms with van der Waals surface area (Å²) in [5.41, 5.74) is 9.01. The molecule has 56 heavy (non-hydrogen) atoms. The highest BCUT2D eigenvalue weighted by Crippen LogP contribution is 2.46. The number of rotatable bonds is 5. The largest absolute Gasteiger partial charge is 0.434 e. The van der Waals surface area contributed by atoms with Crippen molar-refractivity contribution in [1.29, 1.82) is 0 Å². The van der Waals surface area contributed by atoms with Crippen molar-refractivity contribution in [2.45, 2.75) is 0 Å². The second-order valence-electron chi connectivity index (χ2n) is 14.4. The maximum Gasteiger partial charge on any atom is 0.227 e. The minimum absolute atomic E-state index is 0.602. The molecule has 0 spiro atoms. The molecule has 5 heteroatoms. The molecule has 0 atom stereocenters. The van der Waals surface area contributed by atoms with Crippen molar-refractivity contribution in [2.24, 2.45) is 0 Å². The minimum atomic E-state index is 0.602. The highest BCUT2D eigenvalue weighted by Gasteiger charge is 2.23. The van der Waals surface area contributed by atoms with E-state index in [-0.39, 0.29) is 0 Å². The average Bonchev–Trinajstić information content (AvgIpc) is 3.96. The lowest BCUT2D eigenvalue weighted by Gasteiger charge is -2.25. The second kappa shape index (κ2) is 12.2. The molecular formula is C51H31N3OS. The fourth-order valence-electron chi connectivity index (χ4n) is 8.59. The molecule has 0 aliphatic rings. The number of oxazole rings is 1. The standard InChI is InChI=1S/C51H31N3OS/c1-2-14-36(15-3-1)54-45-27-24-37(30-42(45)41-26-23-33-12-6-7-16-39(33)49(41)54)53(38-25-28-48-43(31-38)40-17-8-9-20-47(40)56-48)46-19-10-18-44-50(46)55-51(52-44)35-22-21-32-11-4-5-13-34(32)29-35/h1-31H. The van der Waals surface area contributed by atoms with Crippen molar-refractivity contribution in [1.82, 2.24) is 9.55 Å². The SMILES string of the molecule is c1ccc(-n2c3ccc(N(c4ccc5sc6ccccc6c5c4)c4cccc5nc(-c6ccc7ccccc7c6)oc45)cc3c3ccc4ccccc4c32)cc1. The zero-order valence-corrected chi connectivity index (χ0v) is 30.9. The van der Waals surface area contributed by atoms with Crippen LogP contribution in [0.1, 0.15) is 0 Å². The van der Waals surface area contributed by atoms with Crippen molar-refractivity contribution in [3.63, 3.8) is 0 Å². The van der Waals surface area contributed by atoms with Gasteiger partial charge in [0.1, 0.15) is 5.52 Å². The van der Waals surface area contributed by atoms with Crippen molar-refractivity contribution in [2.75, 3.05) is 4.90 Å². The number of nitrogens with zero attached hydrogens (tertiary/aromatic N) is 3. The second-order valence-corrected chi connectivity index (χ2v) is 15.5. The maximum atomic E-state index is 6.81. The number of hydrogen-bond donors (Lipinski definition) is 0. The number of anilines is 3. The molecule has 0 bridgehead atoms. The summed E-state index contributed by atoms with van der Waals surface area (Å²) in [6.07, 6.45) is 0. The van der Waals surface area contributed by atoms with Gasteiger partial charge in [0.15, 0.2) is 5.58 Å². The monoisotopic (exact) mass is 733 g/mol. The van der Waals surface area contributed by atoms with Crippen LogP contribution in [0.25, 0.3) is 91.8 Å². The number of fused-ring (bicyclic) bond motifs is 10. The van der Waals surface area contributed by atoms with Gasteiger partial charge < -0.3 is 13.9 Å². The first-order valence-corrected chi connectivity index (χ1v) is 19.7. The topological polar surface area (TPSA) is 34.2 Å². The average molecular weight is 734 g/mol. The van der Waals surface area contributed by atoms with Crippen LogP contribution in [0.15, 0.2) is 192 Å². The van der Waals surface area contributed by atoms with Crippen LogP contribution in [-0.4, -0.2) is 9.55 Å². The number of thiophene rings is 1. The summed E-state index contributed by atoms with van der Waals surface area (Å²) in [7, 11) is 0. The fourth-order valence-corrected chi connectivity index (χ4v) is 9.68. The van der Waals surface area contributed by atoms with Crippen LogP contribution in [0, 0.1) is 0 Å². The van der Waals surface area contributed by atoms with Crippen LogP contribution in [0.4, 0.5) is 17.1 Å². The molecule has 0 saturated carbocycles. The Hall–Kier alpha value is -7.21. The first-order chi connectivity index (χ1) is 27.7. The third-order valence-corrected chi connectivity index (χ3v) is 12.3. The molecule has 9 aromatic carbocycles. The Labute approximate surface area is 325 Å². The molecule has 0 N–H and O–H groups in total. The third kappa shape index (κ3) is 4.75. The Bertz CT molecular complexity index is 3500. The van der Waals surface area contributed by atoms with Crippen molar-refractivity contribution < 1.29 is 4.42 Å². The maximum absolute atomic E-state index is 6.81. The first kappa shape index (κ1) is 31.2. The molecule has 12 aromatic rings. The number of aromatic nitrogens is 2. The quantitative estimate of drug-likeness (QED) is 0.177. The Morgan fingerprint density at radius 2 is 1.20 bits per heavy atom. The Balaban J connectivity index is 1.12. The van der Waals surface area contributed by atoms with Gasteiger partial charge in [0.2, 0.25) is 5.89 Å². The smallest absolute Gasteiger partial charge is 0.227 e. The van der Waals surface area contributed by atoms with Crippen molar-refractivity contribution in [3.8, 4) is 17.1 Å². The van der Waals surface area contributed by atoms with Gasteiger partial charge in [-0.2, -0.15) is 0 Å². The van der Waals surface area contributed by atoms with Gasteiger partial charge in [0.25, 0.3) is 0 Å². The molecular weight excluding hydrogens is 703 g/mol. The zero-order valence-electron chi connectivity index (χ0n) is 30.1. The molecule has 0 amide bonds. The van der Waals surface area contributed by atoms with Crippen LogP contribution in [-0.2, 0) is 0 Å². The van der Waals surface area contributed by atoms with E-state index in [0.717, 1.165) is 50.3 Å². The van der Waals surface area contributed by atoms with Crippen molar-refractivity contribution in [3.05, 3.63) is 188 Å². The summed E-state index contributed by atoms with van der Waals surface area (Å²) >= 11 is 1.83. The van der Waals surface area contributed by atoms with Gasteiger partial charge in [0, 0.05) is 59.0 Å². The van der Waals surface area contributed by atoms with E-state index in [1.165, 1.54) is 52.6 Å². The highest BCUT2D eigenvalue weighted by molar-refractivity contribution is 7.25. The van der Waals surface area contributed by atoms with E-state index in [2.05, 4.69) is 191 Å². The lowest BCUT2D eigenvalue weighted by molar-refractivity contribution is 0.620. The summed E-state index contributed by atoms with van der Waals surface area (Å²) in [5.74, 6) is 0.602. The molecule has 0 unspecified atom stereocenters. The van der Waals surface area contributed by atoms with E-state index < -0.39 is 0 Å². The molecule has 12 rings (SSSR count). The summed E-state index contributed by atoms with van der Waals surface area (Å²) in [4.78, 5) is 7.41. The normalized spacial score (nSPS) is 11.9. The van der Waals surface area contributed by atoms with Gasteiger partial charge in [-0.3, -0.25) is 0 Å². The molecule has 0 fully saturated rings. The van der Waals surface area contributed by atoms with Gasteiger partial charge in [0.05, 0.1) is 16.7 Å². The highest BCUT2D eigenvalue weighted by atomic mass is 32.1. The zero-order chi connectivity index (χ0) is 36.7. The summed E-state index contributed by atoms with van der Waals surface area (Å²) < 4.78 is 11.8. The van der Waals surface area contributed by atoms with Gasteiger partial charge in [-0.05, 0) is 95.0 Å². The van der Waals surface area contributed by atoms with E-state index in [4.69, 9.17) is 9.40 Å². The van der Waals surface area contributed by atoms with E-state index in [1.807, 2.05) is 17.4 Å². The van der Waals surface area contributed by atoms with Gasteiger partial charge >= 0.3 is 0 Å². The summed E-state index contributed by atoms with van der Waals surface area (Å²) in [6, 6.07) is 67.4. The van der Waals surface area contributed by atoms with Crippen LogP contribution in [0.5, 0.6) is 0 Å². The third-order valence-electron chi connectivity index (χ3n) is 11.2. The predicted molar refractivity (Wildman–Crippen MR) is 236 cm³/mol. The summed E-state index contributed by atoms with van der Waals surface area (Å²) in [5, 5.41) is 9.68. The Kier molecular flexibility index (Phi) is 6.76. The van der Waals surface area contributed by atoms with Crippen LogP contribution < -0.4 is 4.90 Å². The molecule has 4 nitrogen and oxygen atoms in total. The van der Waals surface area contributed by atoms with Crippen molar-refractivity contribution >= 4 is 103 Å².